The molecule has 2 atom stereocenters. The average molecular weight is 624 g/mol. The van der Waals surface area contributed by atoms with Gasteiger partial charge in [0.25, 0.3) is 5.91 Å². The molecule has 0 spiro atoms. The highest BCUT2D eigenvalue weighted by atomic mass is 19.4. The molecule has 3 aromatic heterocycles. The van der Waals surface area contributed by atoms with Crippen LogP contribution in [0, 0.1) is 11.3 Å². The van der Waals surface area contributed by atoms with Gasteiger partial charge in [-0.3, -0.25) is 14.9 Å². The van der Waals surface area contributed by atoms with E-state index in [1.807, 2.05) is 13.1 Å². The molecule has 6 rings (SSSR count). The van der Waals surface area contributed by atoms with E-state index in [0.717, 1.165) is 25.5 Å². The van der Waals surface area contributed by atoms with Crippen molar-refractivity contribution >= 4 is 33.7 Å². The van der Waals surface area contributed by atoms with Crippen molar-refractivity contribution in [2.45, 2.75) is 37.5 Å². The summed E-state index contributed by atoms with van der Waals surface area (Å²) in [4.78, 5) is 31.4. The van der Waals surface area contributed by atoms with Crippen LogP contribution in [0.15, 0.2) is 43.0 Å². The molecular weight excluding hydrogens is 594 g/mol. The Morgan fingerprint density at radius 1 is 1.20 bits per heavy atom. The number of carbonyl (C=O) groups excluding carboxylic acids is 1. The number of ether oxygens (including phenoxy) is 1. The third-order valence-corrected chi connectivity index (χ3v) is 8.39. The first-order valence-electron chi connectivity index (χ1n) is 14.4. The molecule has 1 N–H and O–H groups in total. The summed E-state index contributed by atoms with van der Waals surface area (Å²) in [5.74, 6) is -1.68. The van der Waals surface area contributed by atoms with E-state index >= 15 is 0 Å². The number of carbonyl (C=O) groups is 1. The van der Waals surface area contributed by atoms with Gasteiger partial charge in [-0.25, -0.2) is 4.39 Å². The fourth-order valence-corrected chi connectivity index (χ4v) is 6.08. The monoisotopic (exact) mass is 623 g/mol. The number of pyridine rings is 1. The first kappa shape index (κ1) is 30.2. The normalized spacial score (nSPS) is 19.3. The van der Waals surface area contributed by atoms with Gasteiger partial charge in [-0.2, -0.15) is 33.5 Å². The van der Waals surface area contributed by atoms with E-state index in [1.165, 1.54) is 29.4 Å². The molecule has 4 aromatic rings. The maximum absolute atomic E-state index is 14.2. The molecule has 15 heteroatoms. The number of hydrogen-bond acceptors (Lipinski definition) is 9. The van der Waals surface area contributed by atoms with Gasteiger partial charge in [-0.1, -0.05) is 6.58 Å². The van der Waals surface area contributed by atoms with Crippen LogP contribution in [0.5, 0.6) is 6.01 Å². The SMILES string of the molecule is C=C(F)C(=O)N1CCN(c2nc(OCC3CCCN3C)nc3cc(-c4c(C(F)(F)F)ccc5[nH]ncc45)cnc23)C[C@@H]1CC#N. The number of nitrogens with one attached hydrogen (secondary N) is 1. The molecule has 2 aliphatic rings. The van der Waals surface area contributed by atoms with Gasteiger partial charge >= 0.3 is 12.2 Å². The number of H-pyrrole nitrogens is 1. The number of aromatic nitrogens is 5. The van der Waals surface area contributed by atoms with Gasteiger partial charge in [0, 0.05) is 48.4 Å². The topological polar surface area (TPSA) is 127 Å². The van der Waals surface area contributed by atoms with Crippen LogP contribution < -0.4 is 9.64 Å². The summed E-state index contributed by atoms with van der Waals surface area (Å²) in [6.45, 7) is 4.76. The first-order chi connectivity index (χ1) is 21.5. The number of anilines is 1. The fourth-order valence-electron chi connectivity index (χ4n) is 6.08. The third-order valence-electron chi connectivity index (χ3n) is 8.39. The van der Waals surface area contributed by atoms with Crippen molar-refractivity contribution in [2.24, 2.45) is 0 Å². The number of amides is 1. The molecule has 2 saturated heterocycles. The van der Waals surface area contributed by atoms with Crippen molar-refractivity contribution in [3.63, 3.8) is 0 Å². The molecular formula is C30H29F4N9O2. The number of benzene rings is 1. The lowest BCUT2D eigenvalue weighted by Gasteiger charge is -2.41. The largest absolute Gasteiger partial charge is 0.462 e. The number of nitrogens with zero attached hydrogens (tertiary/aromatic N) is 8. The number of likely N-dealkylation sites (N-methyl/N-ethyl adjacent to an activating group) is 1. The van der Waals surface area contributed by atoms with Gasteiger partial charge in [0.15, 0.2) is 11.6 Å². The molecule has 5 heterocycles. The lowest BCUT2D eigenvalue weighted by atomic mass is 9.96. The van der Waals surface area contributed by atoms with Crippen LogP contribution in [-0.4, -0.2) is 92.8 Å². The summed E-state index contributed by atoms with van der Waals surface area (Å²) < 4.78 is 62.4. The van der Waals surface area contributed by atoms with Crippen LogP contribution >= 0.6 is 0 Å². The van der Waals surface area contributed by atoms with E-state index < -0.39 is 29.5 Å². The quantitative estimate of drug-likeness (QED) is 0.234. The smallest absolute Gasteiger partial charge is 0.417 e. The van der Waals surface area contributed by atoms with Crippen LogP contribution in [0.4, 0.5) is 23.4 Å². The molecule has 0 saturated carbocycles. The summed E-state index contributed by atoms with van der Waals surface area (Å²) in [5, 5.41) is 16.4. The van der Waals surface area contributed by atoms with Crippen LogP contribution in [0.1, 0.15) is 24.8 Å². The summed E-state index contributed by atoms with van der Waals surface area (Å²) in [6.07, 6.45) is -0.0842. The van der Waals surface area contributed by atoms with Gasteiger partial charge in [0.2, 0.25) is 0 Å². The van der Waals surface area contributed by atoms with Crippen LogP contribution in [0.25, 0.3) is 33.1 Å². The molecule has 0 aliphatic carbocycles. The molecule has 1 unspecified atom stereocenters. The standard InChI is InChI=1S/C30H29F4N9O2/c1-17(31)28(44)43-11-10-42(15-19(43)7-8-35)27-26-24(38-29(39-27)45-16-20-4-3-9-41(20)2)12-18(13-36-26)25-21-14-37-40-23(21)6-5-22(25)30(32,33)34/h5-6,12-14,19-20H,1,3-4,7,9-11,15-16H2,2H3,(H,37,40)/t19-,20?/m0/s1. The maximum atomic E-state index is 14.2. The van der Waals surface area contributed by atoms with Crippen molar-refractivity contribution < 1.29 is 27.1 Å². The number of likely N-dealkylation sites (tertiary alicyclic amines) is 1. The summed E-state index contributed by atoms with van der Waals surface area (Å²) in [5.41, 5.74) is 0.203. The predicted octanol–water partition coefficient (Wildman–Crippen LogP) is 4.47. The zero-order valence-corrected chi connectivity index (χ0v) is 24.3. The van der Waals surface area contributed by atoms with Crippen LogP contribution in [-0.2, 0) is 11.0 Å². The van der Waals surface area contributed by atoms with Crippen molar-refractivity contribution in [1.82, 2.24) is 34.9 Å². The van der Waals surface area contributed by atoms with E-state index in [2.05, 4.69) is 36.6 Å². The third kappa shape index (κ3) is 5.85. The number of rotatable bonds is 7. The molecule has 234 valence electrons. The maximum Gasteiger partial charge on any atom is 0.417 e. The molecule has 0 bridgehead atoms. The van der Waals surface area contributed by atoms with Crippen LogP contribution in [0.3, 0.4) is 0 Å². The number of piperazine rings is 1. The zero-order valence-electron chi connectivity index (χ0n) is 24.3. The van der Waals surface area contributed by atoms with E-state index in [-0.39, 0.29) is 60.1 Å². The van der Waals surface area contributed by atoms with Crippen molar-refractivity contribution in [3.05, 3.63) is 48.6 Å². The van der Waals surface area contributed by atoms with Crippen molar-refractivity contribution in [2.75, 3.05) is 44.7 Å². The highest BCUT2D eigenvalue weighted by molar-refractivity contribution is 5.99. The number of alkyl halides is 3. The lowest BCUT2D eigenvalue weighted by molar-refractivity contribution is -0.137. The van der Waals surface area contributed by atoms with E-state index in [0.29, 0.717) is 23.5 Å². The second-order valence-electron chi connectivity index (χ2n) is 11.2. The molecule has 1 amide bonds. The Morgan fingerprint density at radius 3 is 2.73 bits per heavy atom. The summed E-state index contributed by atoms with van der Waals surface area (Å²) in [7, 11) is 2.00. The van der Waals surface area contributed by atoms with Crippen molar-refractivity contribution in [3.8, 4) is 23.2 Å². The average Bonchev–Trinajstić information content (AvgIpc) is 3.66. The minimum atomic E-state index is -4.65. The summed E-state index contributed by atoms with van der Waals surface area (Å²) >= 11 is 0. The molecule has 2 fully saturated rings. The number of hydrogen-bond donors (Lipinski definition) is 1. The lowest BCUT2D eigenvalue weighted by Crippen LogP contribution is -2.55. The highest BCUT2D eigenvalue weighted by Crippen LogP contribution is 2.41. The van der Waals surface area contributed by atoms with Crippen LogP contribution in [0.2, 0.25) is 0 Å². The Balaban J connectivity index is 1.45. The number of nitriles is 1. The number of aromatic amines is 1. The van der Waals surface area contributed by atoms with Gasteiger partial charge < -0.3 is 19.4 Å². The predicted molar refractivity (Wildman–Crippen MR) is 157 cm³/mol. The van der Waals surface area contributed by atoms with Gasteiger partial charge in [-0.05, 0) is 44.6 Å². The van der Waals surface area contributed by atoms with E-state index in [9.17, 15) is 27.6 Å². The fraction of sp³-hybridized carbons (Fsp3) is 0.400. The van der Waals surface area contributed by atoms with Gasteiger partial charge in [0.1, 0.15) is 12.1 Å². The Kier molecular flexibility index (Phi) is 8.00. The van der Waals surface area contributed by atoms with E-state index in [1.54, 1.807) is 4.90 Å². The second kappa shape index (κ2) is 11.9. The molecule has 1 aromatic carbocycles. The Labute approximate surface area is 255 Å². The zero-order chi connectivity index (χ0) is 31.9. The molecule has 0 radical (unpaired) electrons. The molecule has 2 aliphatic heterocycles. The first-order valence-corrected chi connectivity index (χ1v) is 14.4. The minimum absolute atomic E-state index is 0.0155. The molecule has 45 heavy (non-hydrogen) atoms. The molecule has 11 nitrogen and oxygen atoms in total. The van der Waals surface area contributed by atoms with Gasteiger partial charge in [0.05, 0.1) is 41.3 Å². The van der Waals surface area contributed by atoms with E-state index in [4.69, 9.17) is 4.74 Å². The number of fused-ring (bicyclic) bond motifs is 2. The Morgan fingerprint density at radius 2 is 2.02 bits per heavy atom. The Bertz CT molecular complexity index is 1820. The van der Waals surface area contributed by atoms with Crippen molar-refractivity contribution in [1.29, 1.82) is 5.26 Å². The highest BCUT2D eigenvalue weighted by Gasteiger charge is 2.36. The minimum Gasteiger partial charge on any atom is -0.462 e. The summed E-state index contributed by atoms with van der Waals surface area (Å²) in [6, 6.07) is 5.38. The van der Waals surface area contributed by atoms with Gasteiger partial charge in [-0.15, -0.1) is 0 Å². The number of halogens is 4. The Hall–Kier alpha value is -4.84. The second-order valence-corrected chi connectivity index (χ2v) is 11.2.